The zero-order chi connectivity index (χ0) is 13.8. The predicted octanol–water partition coefficient (Wildman–Crippen LogP) is 0.847. The van der Waals surface area contributed by atoms with E-state index in [-0.39, 0.29) is 0 Å². The van der Waals surface area contributed by atoms with Crippen molar-refractivity contribution < 1.29 is 4.90 Å². The fourth-order valence-corrected chi connectivity index (χ4v) is 2.88. The van der Waals surface area contributed by atoms with Crippen molar-refractivity contribution in [3.05, 3.63) is 29.8 Å². The van der Waals surface area contributed by atoms with Gasteiger partial charge in [-0.15, -0.1) is 0 Å². The van der Waals surface area contributed by atoms with Crippen LogP contribution in [0.5, 0.6) is 0 Å². The molecule has 0 saturated carbocycles. The van der Waals surface area contributed by atoms with Crippen molar-refractivity contribution in [2.75, 3.05) is 32.1 Å². The van der Waals surface area contributed by atoms with Crippen LogP contribution >= 0.6 is 12.2 Å². The first-order chi connectivity index (χ1) is 9.09. The summed E-state index contributed by atoms with van der Waals surface area (Å²) in [5, 5.41) is 4.25. The molecule has 0 saturated heterocycles. The van der Waals surface area contributed by atoms with Crippen molar-refractivity contribution in [3.63, 3.8) is 0 Å². The van der Waals surface area contributed by atoms with Crippen LogP contribution in [0.1, 0.15) is 18.9 Å². The Labute approximate surface area is 121 Å². The Morgan fingerprint density at radius 1 is 1.42 bits per heavy atom. The van der Waals surface area contributed by atoms with Crippen LogP contribution in [0.2, 0.25) is 0 Å². The molecule has 0 radical (unpaired) electrons. The summed E-state index contributed by atoms with van der Waals surface area (Å²) < 4.78 is 0. The van der Waals surface area contributed by atoms with Crippen molar-refractivity contribution in [2.24, 2.45) is 0 Å². The molecule has 0 aromatic heterocycles. The molecule has 1 aliphatic rings. The molecule has 0 fully saturated rings. The first-order valence-corrected chi connectivity index (χ1v) is 7.44. The molecule has 1 aromatic rings. The van der Waals surface area contributed by atoms with Gasteiger partial charge in [-0.2, -0.15) is 0 Å². The monoisotopic (exact) mass is 278 g/mol. The Kier molecular flexibility index (Phi) is 4.77. The number of nitrogens with one attached hydrogen (secondary N) is 2. The van der Waals surface area contributed by atoms with Gasteiger partial charge in [-0.3, -0.25) is 0 Å². The number of likely N-dealkylation sites (N-methyl/N-ethyl adjacent to an activating group) is 1. The van der Waals surface area contributed by atoms with E-state index >= 15 is 0 Å². The van der Waals surface area contributed by atoms with Crippen LogP contribution in [0.3, 0.4) is 0 Å². The third kappa shape index (κ3) is 3.45. The molecule has 0 bridgehead atoms. The summed E-state index contributed by atoms with van der Waals surface area (Å²) in [4.78, 5) is 3.71. The van der Waals surface area contributed by atoms with E-state index in [1.807, 2.05) is 0 Å². The molecule has 2 rings (SSSR count). The number of anilines is 1. The summed E-state index contributed by atoms with van der Waals surface area (Å²) in [7, 11) is 4.31. The van der Waals surface area contributed by atoms with Gasteiger partial charge in [0.2, 0.25) is 0 Å². The maximum Gasteiger partial charge on any atom is 0.173 e. The maximum atomic E-state index is 5.58. The molecule has 0 spiro atoms. The second kappa shape index (κ2) is 6.35. The molecule has 4 heteroatoms. The van der Waals surface area contributed by atoms with Crippen molar-refractivity contribution in [3.8, 4) is 0 Å². The predicted molar refractivity (Wildman–Crippen MR) is 85.0 cm³/mol. The smallest absolute Gasteiger partial charge is 0.173 e. The third-order valence-corrected chi connectivity index (χ3v) is 3.98. The van der Waals surface area contributed by atoms with Crippen LogP contribution in [0.4, 0.5) is 5.69 Å². The zero-order valence-electron chi connectivity index (χ0n) is 12.1. The average molecular weight is 278 g/mol. The number of hydrogen-bond donors (Lipinski definition) is 2. The fraction of sp³-hybridized carbons (Fsp3) is 0.533. The van der Waals surface area contributed by atoms with E-state index in [1.54, 1.807) is 0 Å². The average Bonchev–Trinajstić information content (AvgIpc) is 2.38. The highest BCUT2D eigenvalue weighted by atomic mass is 32.1. The number of benzene rings is 1. The van der Waals surface area contributed by atoms with E-state index in [2.05, 4.69) is 55.5 Å². The molecule has 1 heterocycles. The molecule has 104 valence electrons. The van der Waals surface area contributed by atoms with E-state index in [0.717, 1.165) is 31.0 Å². The molecular weight excluding hydrogens is 254 g/mol. The minimum atomic E-state index is 0.474. The zero-order valence-corrected chi connectivity index (χ0v) is 12.9. The number of rotatable bonds is 3. The van der Waals surface area contributed by atoms with Crippen LogP contribution < -0.4 is 15.1 Å². The van der Waals surface area contributed by atoms with Crippen molar-refractivity contribution in [2.45, 2.75) is 25.8 Å². The SMILES string of the molecule is C[C@@H]1CCc2ccccc2N1C(=S)NCC[NH+](C)C. The lowest BCUT2D eigenvalue weighted by molar-refractivity contribution is -0.856. The summed E-state index contributed by atoms with van der Waals surface area (Å²) in [5.41, 5.74) is 2.68. The van der Waals surface area contributed by atoms with Crippen LogP contribution in [-0.4, -0.2) is 38.3 Å². The van der Waals surface area contributed by atoms with Crippen molar-refractivity contribution in [1.29, 1.82) is 0 Å². The summed E-state index contributed by atoms with van der Waals surface area (Å²) in [6.45, 7) is 4.25. The molecule has 3 nitrogen and oxygen atoms in total. The summed E-state index contributed by atoms with van der Waals surface area (Å²) in [6.07, 6.45) is 2.32. The molecule has 0 amide bonds. The number of thiocarbonyl (C=S) groups is 1. The van der Waals surface area contributed by atoms with Crippen molar-refractivity contribution >= 4 is 23.0 Å². The van der Waals surface area contributed by atoms with Gasteiger partial charge in [0.15, 0.2) is 5.11 Å². The van der Waals surface area contributed by atoms with Crippen molar-refractivity contribution in [1.82, 2.24) is 5.32 Å². The van der Waals surface area contributed by atoms with Gasteiger partial charge in [0.25, 0.3) is 0 Å². The number of aryl methyl sites for hydroxylation is 1. The fourth-order valence-electron chi connectivity index (χ4n) is 2.50. The maximum absolute atomic E-state index is 5.58. The molecule has 0 aliphatic carbocycles. The van der Waals surface area contributed by atoms with Gasteiger partial charge >= 0.3 is 0 Å². The molecule has 1 aliphatic heterocycles. The molecule has 0 unspecified atom stereocenters. The highest BCUT2D eigenvalue weighted by Gasteiger charge is 2.25. The minimum absolute atomic E-state index is 0.474. The van der Waals surface area contributed by atoms with E-state index < -0.39 is 0 Å². The standard InChI is InChI=1S/C15H23N3S/c1-12-8-9-13-6-4-5-7-14(13)18(12)15(19)16-10-11-17(2)3/h4-7,12H,8-11H2,1-3H3,(H,16,19)/p+1/t12-/m1/s1. The topological polar surface area (TPSA) is 19.7 Å². The van der Waals surface area contributed by atoms with Crippen LogP contribution in [0.15, 0.2) is 24.3 Å². The first-order valence-electron chi connectivity index (χ1n) is 7.03. The number of nitrogens with zero attached hydrogens (tertiary/aromatic N) is 1. The highest BCUT2D eigenvalue weighted by molar-refractivity contribution is 7.80. The Morgan fingerprint density at radius 2 is 2.16 bits per heavy atom. The lowest BCUT2D eigenvalue weighted by Gasteiger charge is -2.37. The Balaban J connectivity index is 2.08. The van der Waals surface area contributed by atoms with Gasteiger partial charge in [0, 0.05) is 11.7 Å². The van der Waals surface area contributed by atoms with E-state index in [0.29, 0.717) is 6.04 Å². The van der Waals surface area contributed by atoms with Crippen LogP contribution in [-0.2, 0) is 6.42 Å². The molecule has 1 atom stereocenters. The Hall–Kier alpha value is -1.13. The van der Waals surface area contributed by atoms with Crippen LogP contribution in [0, 0.1) is 0 Å². The molecule has 2 N–H and O–H groups in total. The lowest BCUT2D eigenvalue weighted by Crippen LogP contribution is -3.06. The summed E-state index contributed by atoms with van der Waals surface area (Å²) in [6, 6.07) is 9.06. The Morgan fingerprint density at radius 3 is 2.89 bits per heavy atom. The van der Waals surface area contributed by atoms with E-state index in [4.69, 9.17) is 12.2 Å². The number of quaternary nitrogens is 1. The van der Waals surface area contributed by atoms with Gasteiger partial charge in [-0.1, -0.05) is 18.2 Å². The highest BCUT2D eigenvalue weighted by Crippen LogP contribution is 2.30. The number of fused-ring (bicyclic) bond motifs is 1. The van der Waals surface area contributed by atoms with Gasteiger partial charge < -0.3 is 15.1 Å². The normalized spacial score (nSPS) is 18.3. The van der Waals surface area contributed by atoms with E-state index in [1.165, 1.54) is 16.2 Å². The second-order valence-corrected chi connectivity index (χ2v) is 5.96. The largest absolute Gasteiger partial charge is 0.357 e. The summed E-state index contributed by atoms with van der Waals surface area (Å²) >= 11 is 5.58. The van der Waals surface area contributed by atoms with Gasteiger partial charge in [-0.05, 0) is 43.6 Å². The third-order valence-electron chi connectivity index (χ3n) is 3.64. The summed E-state index contributed by atoms with van der Waals surface area (Å²) in [5.74, 6) is 0. The second-order valence-electron chi connectivity index (χ2n) is 5.58. The van der Waals surface area contributed by atoms with Gasteiger partial charge in [0.1, 0.15) is 0 Å². The minimum Gasteiger partial charge on any atom is -0.357 e. The molecule has 19 heavy (non-hydrogen) atoms. The molecular formula is C15H24N3S+. The molecule has 1 aromatic carbocycles. The van der Waals surface area contributed by atoms with Gasteiger partial charge in [0.05, 0.1) is 27.2 Å². The van der Waals surface area contributed by atoms with Crippen LogP contribution in [0.25, 0.3) is 0 Å². The lowest BCUT2D eigenvalue weighted by atomic mass is 9.97. The van der Waals surface area contributed by atoms with Gasteiger partial charge in [-0.25, -0.2) is 0 Å². The quantitative estimate of drug-likeness (QED) is 0.800. The number of para-hydroxylation sites is 1. The first kappa shape index (κ1) is 14.3. The number of hydrogen-bond acceptors (Lipinski definition) is 1. The van der Waals surface area contributed by atoms with E-state index in [9.17, 15) is 0 Å². The Bertz CT molecular complexity index is 445.